The summed E-state index contributed by atoms with van der Waals surface area (Å²) in [6.07, 6.45) is 0. The lowest BCUT2D eigenvalue weighted by molar-refractivity contribution is 0.265. The maximum Gasteiger partial charge on any atom is 0.166 e. The van der Waals surface area contributed by atoms with Gasteiger partial charge in [0.25, 0.3) is 0 Å². The van der Waals surface area contributed by atoms with Gasteiger partial charge in [0.1, 0.15) is 6.61 Å². The van der Waals surface area contributed by atoms with Crippen molar-refractivity contribution in [2.45, 2.75) is 19.6 Å². The summed E-state index contributed by atoms with van der Waals surface area (Å²) in [7, 11) is 0. The number of nitrogens with two attached hydrogens (primary N) is 2. The fourth-order valence-corrected chi connectivity index (χ4v) is 2.11. The molecular formula is C17H22N2O2. The molecule has 2 aromatic rings. The van der Waals surface area contributed by atoms with Crippen molar-refractivity contribution < 1.29 is 9.47 Å². The standard InChI is InChI=1S/C17H22N2O2/c1-2-20-16-10-6-9-14(15(19)11-18)17(16)21-12-13-7-4-3-5-8-13/h3-10,15H,2,11-12,18-19H2,1H3. The Morgan fingerprint density at radius 1 is 1.00 bits per heavy atom. The zero-order valence-electron chi connectivity index (χ0n) is 12.3. The van der Waals surface area contributed by atoms with Crippen LogP contribution in [0.3, 0.4) is 0 Å². The second kappa shape index (κ2) is 7.67. The van der Waals surface area contributed by atoms with Gasteiger partial charge < -0.3 is 20.9 Å². The molecule has 0 heterocycles. The van der Waals surface area contributed by atoms with Crippen molar-refractivity contribution in [3.63, 3.8) is 0 Å². The number of hydrogen-bond donors (Lipinski definition) is 2. The lowest BCUT2D eigenvalue weighted by atomic mass is 10.1. The number of para-hydroxylation sites is 1. The predicted molar refractivity (Wildman–Crippen MR) is 84.4 cm³/mol. The van der Waals surface area contributed by atoms with Gasteiger partial charge in [0.15, 0.2) is 11.5 Å². The molecule has 0 aliphatic carbocycles. The Balaban J connectivity index is 2.25. The van der Waals surface area contributed by atoms with Crippen molar-refractivity contribution in [2.24, 2.45) is 11.5 Å². The van der Waals surface area contributed by atoms with Gasteiger partial charge >= 0.3 is 0 Å². The number of ether oxygens (including phenoxy) is 2. The summed E-state index contributed by atoms with van der Waals surface area (Å²) in [6, 6.07) is 15.4. The molecule has 0 saturated heterocycles. The van der Waals surface area contributed by atoms with Crippen molar-refractivity contribution in [2.75, 3.05) is 13.2 Å². The van der Waals surface area contributed by atoms with Gasteiger partial charge in [-0.3, -0.25) is 0 Å². The summed E-state index contributed by atoms with van der Waals surface area (Å²) in [5.74, 6) is 1.39. The van der Waals surface area contributed by atoms with Crippen LogP contribution in [0.1, 0.15) is 24.1 Å². The first-order valence-corrected chi connectivity index (χ1v) is 7.14. The average molecular weight is 286 g/mol. The average Bonchev–Trinajstić information content (AvgIpc) is 2.54. The number of benzene rings is 2. The van der Waals surface area contributed by atoms with Gasteiger partial charge in [0.05, 0.1) is 6.61 Å². The fourth-order valence-electron chi connectivity index (χ4n) is 2.11. The second-order valence-electron chi connectivity index (χ2n) is 4.72. The Hall–Kier alpha value is -2.04. The maximum absolute atomic E-state index is 6.07. The Kier molecular flexibility index (Phi) is 5.60. The molecule has 0 fully saturated rings. The van der Waals surface area contributed by atoms with Crippen LogP contribution in [0.15, 0.2) is 48.5 Å². The first kappa shape index (κ1) is 15.4. The molecule has 4 N–H and O–H groups in total. The van der Waals surface area contributed by atoms with Crippen LogP contribution in [0, 0.1) is 0 Å². The molecule has 0 saturated carbocycles. The Morgan fingerprint density at radius 3 is 2.43 bits per heavy atom. The third kappa shape index (κ3) is 3.97. The van der Waals surface area contributed by atoms with E-state index in [9.17, 15) is 0 Å². The van der Waals surface area contributed by atoms with Gasteiger partial charge in [-0.15, -0.1) is 0 Å². The van der Waals surface area contributed by atoms with Crippen LogP contribution in [0.25, 0.3) is 0 Å². The van der Waals surface area contributed by atoms with Crippen LogP contribution in [0.2, 0.25) is 0 Å². The highest BCUT2D eigenvalue weighted by atomic mass is 16.5. The number of rotatable bonds is 7. The SMILES string of the molecule is CCOc1cccc(C(N)CN)c1OCc1ccccc1. The van der Waals surface area contributed by atoms with Gasteiger partial charge in [-0.2, -0.15) is 0 Å². The first-order chi connectivity index (χ1) is 10.3. The topological polar surface area (TPSA) is 70.5 Å². The highest BCUT2D eigenvalue weighted by Crippen LogP contribution is 2.34. The predicted octanol–water partition coefficient (Wildman–Crippen LogP) is 2.62. The van der Waals surface area contributed by atoms with Crippen LogP contribution < -0.4 is 20.9 Å². The highest BCUT2D eigenvalue weighted by Gasteiger charge is 2.16. The van der Waals surface area contributed by atoms with E-state index >= 15 is 0 Å². The zero-order chi connectivity index (χ0) is 15.1. The number of hydrogen-bond acceptors (Lipinski definition) is 4. The van der Waals surface area contributed by atoms with Crippen molar-refractivity contribution in [3.8, 4) is 11.5 Å². The second-order valence-corrected chi connectivity index (χ2v) is 4.72. The normalized spacial score (nSPS) is 12.0. The summed E-state index contributed by atoms with van der Waals surface area (Å²) >= 11 is 0. The maximum atomic E-state index is 6.07. The Bertz CT molecular complexity index is 558. The van der Waals surface area contributed by atoms with Crippen molar-refractivity contribution >= 4 is 0 Å². The quantitative estimate of drug-likeness (QED) is 0.821. The largest absolute Gasteiger partial charge is 0.490 e. The minimum Gasteiger partial charge on any atom is -0.490 e. The molecule has 0 spiro atoms. The lowest BCUT2D eigenvalue weighted by Gasteiger charge is -2.19. The van der Waals surface area contributed by atoms with Crippen LogP contribution in [0.4, 0.5) is 0 Å². The zero-order valence-corrected chi connectivity index (χ0v) is 12.3. The lowest BCUT2D eigenvalue weighted by Crippen LogP contribution is -2.21. The third-order valence-corrected chi connectivity index (χ3v) is 3.19. The summed E-state index contributed by atoms with van der Waals surface area (Å²) < 4.78 is 11.6. The molecule has 4 heteroatoms. The van der Waals surface area contributed by atoms with E-state index in [1.807, 2.05) is 55.5 Å². The van der Waals surface area contributed by atoms with Crippen LogP contribution in [-0.4, -0.2) is 13.2 Å². The van der Waals surface area contributed by atoms with Gasteiger partial charge in [-0.05, 0) is 18.6 Å². The van der Waals surface area contributed by atoms with Gasteiger partial charge in [-0.25, -0.2) is 0 Å². The van der Waals surface area contributed by atoms with Gasteiger partial charge in [0.2, 0.25) is 0 Å². The van der Waals surface area contributed by atoms with E-state index < -0.39 is 0 Å². The van der Waals surface area contributed by atoms with Crippen molar-refractivity contribution in [1.82, 2.24) is 0 Å². The van der Waals surface area contributed by atoms with E-state index in [1.165, 1.54) is 0 Å². The van der Waals surface area contributed by atoms with Gasteiger partial charge in [0, 0.05) is 18.2 Å². The molecule has 1 unspecified atom stereocenters. The molecule has 0 amide bonds. The molecule has 2 rings (SSSR count). The minimum absolute atomic E-state index is 0.267. The molecule has 1 atom stereocenters. The smallest absolute Gasteiger partial charge is 0.166 e. The molecule has 21 heavy (non-hydrogen) atoms. The molecule has 4 nitrogen and oxygen atoms in total. The van der Waals surface area contributed by atoms with Crippen LogP contribution >= 0.6 is 0 Å². The Morgan fingerprint density at radius 2 is 1.76 bits per heavy atom. The van der Waals surface area contributed by atoms with Crippen molar-refractivity contribution in [3.05, 3.63) is 59.7 Å². The van der Waals surface area contributed by atoms with E-state index in [4.69, 9.17) is 20.9 Å². The van der Waals surface area contributed by atoms with E-state index in [0.717, 1.165) is 11.1 Å². The summed E-state index contributed by atoms with van der Waals surface area (Å²) in [5.41, 5.74) is 13.7. The highest BCUT2D eigenvalue weighted by molar-refractivity contribution is 5.48. The first-order valence-electron chi connectivity index (χ1n) is 7.14. The van der Waals surface area contributed by atoms with Crippen LogP contribution in [0.5, 0.6) is 11.5 Å². The fraction of sp³-hybridized carbons (Fsp3) is 0.294. The molecule has 112 valence electrons. The molecule has 0 bridgehead atoms. The molecule has 0 aliphatic heterocycles. The monoisotopic (exact) mass is 286 g/mol. The van der Waals surface area contributed by atoms with E-state index in [2.05, 4.69) is 0 Å². The van der Waals surface area contributed by atoms with Crippen molar-refractivity contribution in [1.29, 1.82) is 0 Å². The molecule has 0 radical (unpaired) electrons. The molecule has 0 aliphatic rings. The summed E-state index contributed by atoms with van der Waals surface area (Å²) in [4.78, 5) is 0. The molecular weight excluding hydrogens is 264 g/mol. The minimum atomic E-state index is -0.267. The Labute approximate surface area is 125 Å². The van der Waals surface area contributed by atoms with Gasteiger partial charge in [-0.1, -0.05) is 42.5 Å². The van der Waals surface area contributed by atoms with Crippen LogP contribution in [-0.2, 0) is 6.61 Å². The van der Waals surface area contributed by atoms with E-state index in [1.54, 1.807) is 0 Å². The summed E-state index contributed by atoms with van der Waals surface area (Å²) in [5, 5.41) is 0. The molecule has 2 aromatic carbocycles. The summed E-state index contributed by atoms with van der Waals surface area (Å²) in [6.45, 7) is 3.34. The van der Waals surface area contributed by atoms with E-state index in [-0.39, 0.29) is 6.04 Å². The van der Waals surface area contributed by atoms with E-state index in [0.29, 0.717) is 31.3 Å². The molecule has 0 aromatic heterocycles. The third-order valence-electron chi connectivity index (χ3n) is 3.19.